The Morgan fingerprint density at radius 3 is 2.13 bits per heavy atom. The van der Waals surface area contributed by atoms with Crippen molar-refractivity contribution in [2.75, 3.05) is 6.54 Å². The van der Waals surface area contributed by atoms with Crippen LogP contribution in [0.2, 0.25) is 20.1 Å². The first kappa shape index (κ1) is 22.6. The van der Waals surface area contributed by atoms with E-state index in [2.05, 4.69) is 0 Å². The largest absolute Gasteiger partial charge is 0.292 e. The highest BCUT2D eigenvalue weighted by molar-refractivity contribution is 6.42. The number of halogens is 4. The number of amides is 3. The summed E-state index contributed by atoms with van der Waals surface area (Å²) in [4.78, 5) is 50.9. The fourth-order valence-corrected chi connectivity index (χ4v) is 3.77. The summed E-state index contributed by atoms with van der Waals surface area (Å²) in [5.41, 5.74) is 0.162. The molecule has 0 aliphatic carbocycles. The molecule has 1 aliphatic rings. The normalized spacial score (nSPS) is 14.1. The Hall–Kier alpha value is -2.12. The van der Waals surface area contributed by atoms with Crippen LogP contribution in [0.5, 0.6) is 0 Å². The predicted molar refractivity (Wildman–Crippen MR) is 114 cm³/mol. The molecule has 3 rings (SSSR count). The topological polar surface area (TPSA) is 74.8 Å². The van der Waals surface area contributed by atoms with Gasteiger partial charge in [-0.15, -0.1) is 0 Å². The van der Waals surface area contributed by atoms with Crippen LogP contribution in [0.1, 0.15) is 40.0 Å². The minimum atomic E-state index is -0.754. The Bertz CT molecular complexity index is 1040. The Morgan fingerprint density at radius 1 is 0.867 bits per heavy atom. The molecule has 0 saturated carbocycles. The highest BCUT2D eigenvalue weighted by Gasteiger charge is 2.36. The summed E-state index contributed by atoms with van der Waals surface area (Å²) in [5, 5.41) is 2.30. The van der Waals surface area contributed by atoms with Gasteiger partial charge in [-0.1, -0.05) is 46.4 Å². The third-order valence-corrected chi connectivity index (χ3v) is 5.71. The first-order chi connectivity index (χ1) is 14.2. The van der Waals surface area contributed by atoms with Crippen LogP contribution in [0.4, 0.5) is 0 Å². The van der Waals surface area contributed by atoms with Gasteiger partial charge < -0.3 is 0 Å². The van der Waals surface area contributed by atoms with Crippen LogP contribution in [0.25, 0.3) is 0 Å². The molecule has 6 nitrogen and oxygen atoms in total. The van der Waals surface area contributed by atoms with Crippen molar-refractivity contribution in [3.05, 3.63) is 67.6 Å². The Balaban J connectivity index is 1.99. The van der Waals surface area contributed by atoms with Crippen molar-refractivity contribution in [3.8, 4) is 0 Å². The fraction of sp³-hybridized carbons (Fsp3) is 0.200. The predicted octanol–water partition coefficient (Wildman–Crippen LogP) is 5.08. The SMILES string of the molecule is O=C(CN(C(=O)c1ccc(Cl)c(Cl)c1)N1C(=O)CCCC1=O)c1ccc(Cl)cc1Cl. The molecule has 1 heterocycles. The number of hydrazine groups is 1. The monoisotopic (exact) mass is 486 g/mol. The number of piperidine rings is 1. The smallest absolute Gasteiger partial charge is 0.273 e. The summed E-state index contributed by atoms with van der Waals surface area (Å²) in [7, 11) is 0. The molecule has 1 saturated heterocycles. The first-order valence-electron chi connectivity index (χ1n) is 8.80. The second kappa shape index (κ2) is 9.35. The van der Waals surface area contributed by atoms with Gasteiger partial charge in [0.2, 0.25) is 11.8 Å². The van der Waals surface area contributed by atoms with E-state index in [1.54, 1.807) is 0 Å². The summed E-state index contributed by atoms with van der Waals surface area (Å²) < 4.78 is 0. The molecule has 156 valence electrons. The number of benzene rings is 2. The number of nitrogens with zero attached hydrogens (tertiary/aromatic N) is 2. The molecule has 0 radical (unpaired) electrons. The summed E-state index contributed by atoms with van der Waals surface area (Å²) in [6, 6.07) is 8.38. The molecule has 3 amide bonds. The lowest BCUT2D eigenvalue weighted by atomic mass is 10.1. The lowest BCUT2D eigenvalue weighted by molar-refractivity contribution is -0.162. The van der Waals surface area contributed by atoms with Gasteiger partial charge in [-0.2, -0.15) is 5.01 Å². The van der Waals surface area contributed by atoms with Crippen LogP contribution in [0, 0.1) is 0 Å². The average Bonchev–Trinajstić information content (AvgIpc) is 2.68. The van der Waals surface area contributed by atoms with E-state index in [1.807, 2.05) is 0 Å². The molecule has 0 aromatic heterocycles. The van der Waals surface area contributed by atoms with Crippen molar-refractivity contribution in [2.24, 2.45) is 0 Å². The van der Waals surface area contributed by atoms with Gasteiger partial charge in [-0.05, 0) is 42.8 Å². The fourth-order valence-electron chi connectivity index (χ4n) is 2.96. The molecule has 2 aromatic rings. The third kappa shape index (κ3) is 4.78. The molecular formula is C20H14Cl4N2O4. The molecule has 0 unspecified atom stereocenters. The molecule has 1 aliphatic heterocycles. The van der Waals surface area contributed by atoms with Crippen molar-refractivity contribution in [1.82, 2.24) is 10.0 Å². The Labute approximate surface area is 192 Å². The van der Waals surface area contributed by atoms with E-state index in [-0.39, 0.29) is 39.0 Å². The minimum Gasteiger partial charge on any atom is -0.292 e. The van der Waals surface area contributed by atoms with E-state index < -0.39 is 30.0 Å². The van der Waals surface area contributed by atoms with Crippen LogP contribution in [-0.4, -0.2) is 40.1 Å². The van der Waals surface area contributed by atoms with Gasteiger partial charge in [0.25, 0.3) is 5.91 Å². The molecule has 10 heteroatoms. The quantitative estimate of drug-likeness (QED) is 0.435. The van der Waals surface area contributed by atoms with Gasteiger partial charge >= 0.3 is 0 Å². The number of rotatable bonds is 5. The van der Waals surface area contributed by atoms with Crippen LogP contribution >= 0.6 is 46.4 Å². The van der Waals surface area contributed by atoms with Gasteiger partial charge in [0.15, 0.2) is 5.78 Å². The summed E-state index contributed by atoms with van der Waals surface area (Å²) in [5.74, 6) is -2.48. The molecule has 0 atom stereocenters. The first-order valence-corrected chi connectivity index (χ1v) is 10.3. The molecule has 0 bridgehead atoms. The van der Waals surface area contributed by atoms with Gasteiger partial charge in [-0.25, -0.2) is 5.01 Å². The molecule has 2 aromatic carbocycles. The zero-order valence-electron chi connectivity index (χ0n) is 15.3. The van der Waals surface area contributed by atoms with Crippen molar-refractivity contribution in [1.29, 1.82) is 0 Å². The zero-order chi connectivity index (χ0) is 22.0. The maximum absolute atomic E-state index is 13.2. The number of hydrogen-bond acceptors (Lipinski definition) is 4. The summed E-state index contributed by atoms with van der Waals surface area (Å²) >= 11 is 23.9. The van der Waals surface area contributed by atoms with Crippen molar-refractivity contribution in [3.63, 3.8) is 0 Å². The lowest BCUT2D eigenvalue weighted by Crippen LogP contribution is -2.56. The van der Waals surface area contributed by atoms with Crippen LogP contribution in [0.3, 0.4) is 0 Å². The van der Waals surface area contributed by atoms with E-state index in [0.29, 0.717) is 11.4 Å². The van der Waals surface area contributed by atoms with Crippen LogP contribution in [0.15, 0.2) is 36.4 Å². The second-order valence-electron chi connectivity index (χ2n) is 6.49. The Kier molecular flexibility index (Phi) is 7.03. The highest BCUT2D eigenvalue weighted by Crippen LogP contribution is 2.26. The van der Waals surface area contributed by atoms with E-state index in [0.717, 1.165) is 10.0 Å². The van der Waals surface area contributed by atoms with E-state index >= 15 is 0 Å². The van der Waals surface area contributed by atoms with E-state index in [9.17, 15) is 19.2 Å². The zero-order valence-corrected chi connectivity index (χ0v) is 18.4. The molecule has 0 N–H and O–H groups in total. The molecule has 1 fully saturated rings. The summed E-state index contributed by atoms with van der Waals surface area (Å²) in [6.45, 7) is -0.585. The van der Waals surface area contributed by atoms with Gasteiger partial charge in [0, 0.05) is 29.0 Å². The molecule has 0 spiro atoms. The number of hydrogen-bond donors (Lipinski definition) is 0. The number of ketones is 1. The molecular weight excluding hydrogens is 474 g/mol. The summed E-state index contributed by atoms with van der Waals surface area (Å²) in [6.07, 6.45) is 0.527. The molecule has 30 heavy (non-hydrogen) atoms. The number of carbonyl (C=O) groups is 4. The van der Waals surface area contributed by atoms with Crippen molar-refractivity contribution < 1.29 is 19.2 Å². The van der Waals surface area contributed by atoms with Gasteiger partial charge in [0.05, 0.1) is 15.1 Å². The maximum Gasteiger partial charge on any atom is 0.273 e. The van der Waals surface area contributed by atoms with E-state index in [4.69, 9.17) is 46.4 Å². The number of Topliss-reactive ketones (excluding diaryl/α,β-unsaturated/α-hetero) is 1. The standard InChI is InChI=1S/C20H14Cl4N2O4/c21-12-5-6-13(15(23)9-12)17(27)10-25(26-18(28)2-1-3-19(26)29)20(30)11-4-7-14(22)16(24)8-11/h4-9H,1-3,10H2. The highest BCUT2D eigenvalue weighted by atomic mass is 35.5. The van der Waals surface area contributed by atoms with Gasteiger partial charge in [0.1, 0.15) is 6.54 Å². The third-order valence-electron chi connectivity index (χ3n) is 4.42. The van der Waals surface area contributed by atoms with Crippen LogP contribution < -0.4 is 0 Å². The number of carbonyl (C=O) groups excluding carboxylic acids is 4. The number of imide groups is 1. The second-order valence-corrected chi connectivity index (χ2v) is 8.15. The van der Waals surface area contributed by atoms with Crippen molar-refractivity contribution in [2.45, 2.75) is 19.3 Å². The average molecular weight is 488 g/mol. The van der Waals surface area contributed by atoms with Gasteiger partial charge in [-0.3, -0.25) is 19.2 Å². The van der Waals surface area contributed by atoms with Crippen LogP contribution in [-0.2, 0) is 9.59 Å². The van der Waals surface area contributed by atoms with Crippen molar-refractivity contribution >= 4 is 69.9 Å². The van der Waals surface area contributed by atoms with E-state index in [1.165, 1.54) is 36.4 Å². The lowest BCUT2D eigenvalue weighted by Gasteiger charge is -2.35. The minimum absolute atomic E-state index is 0.0607. The maximum atomic E-state index is 13.2. The Morgan fingerprint density at radius 2 is 1.53 bits per heavy atom.